The summed E-state index contributed by atoms with van der Waals surface area (Å²) in [5.74, 6) is -2.37. The van der Waals surface area contributed by atoms with E-state index in [9.17, 15) is 27.9 Å². The maximum atomic E-state index is 13.2. The summed E-state index contributed by atoms with van der Waals surface area (Å²) >= 11 is 0. The van der Waals surface area contributed by atoms with Gasteiger partial charge in [0, 0.05) is 25.1 Å². The fraction of sp³-hybridized carbons (Fsp3) is 0.346. The van der Waals surface area contributed by atoms with Crippen molar-refractivity contribution in [2.24, 2.45) is 10.7 Å². The van der Waals surface area contributed by atoms with E-state index in [4.69, 9.17) is 15.7 Å². The molecular formula is C26H31N7O7S. The van der Waals surface area contributed by atoms with Crippen LogP contribution < -0.4 is 21.7 Å². The second-order valence-corrected chi connectivity index (χ2v) is 11.0. The Bertz CT molecular complexity index is 1410. The lowest BCUT2D eigenvalue weighted by molar-refractivity contribution is -0.142. The highest BCUT2D eigenvalue weighted by Crippen LogP contribution is 2.26. The van der Waals surface area contributed by atoms with Crippen LogP contribution in [0.1, 0.15) is 25.3 Å². The molecule has 2 aromatic rings. The molecule has 0 aliphatic carbocycles. The van der Waals surface area contributed by atoms with Gasteiger partial charge in [-0.25, -0.2) is 13.2 Å². The van der Waals surface area contributed by atoms with Crippen molar-refractivity contribution in [1.82, 2.24) is 14.9 Å². The number of hydrogen-bond acceptors (Lipinski definition) is 8. The molecule has 1 saturated heterocycles. The molecule has 41 heavy (non-hydrogen) atoms. The van der Waals surface area contributed by atoms with Crippen LogP contribution >= 0.6 is 0 Å². The molecule has 0 radical (unpaired) electrons. The molecule has 0 aromatic heterocycles. The van der Waals surface area contributed by atoms with E-state index in [0.29, 0.717) is 24.2 Å². The number of anilines is 1. The quantitative estimate of drug-likeness (QED) is 0.0995. The molecule has 1 aliphatic heterocycles. The highest BCUT2D eigenvalue weighted by molar-refractivity contribution is 7.89. The molecule has 218 valence electrons. The summed E-state index contributed by atoms with van der Waals surface area (Å²) in [5, 5.41) is 26.0. The Morgan fingerprint density at radius 1 is 1.20 bits per heavy atom. The van der Waals surface area contributed by atoms with Crippen LogP contribution in [-0.2, 0) is 35.6 Å². The van der Waals surface area contributed by atoms with Crippen molar-refractivity contribution in [1.29, 1.82) is 5.26 Å². The number of aliphatic imine (C=N–C) groups is 1. The minimum absolute atomic E-state index is 0.0103. The van der Waals surface area contributed by atoms with Crippen molar-refractivity contribution < 1.29 is 32.6 Å². The van der Waals surface area contributed by atoms with Crippen molar-refractivity contribution in [3.05, 3.63) is 60.2 Å². The Morgan fingerprint density at radius 3 is 2.51 bits per heavy atom. The molecule has 1 aliphatic rings. The minimum atomic E-state index is -4.07. The number of sulfonamides is 1. The first-order chi connectivity index (χ1) is 19.5. The molecule has 1 heterocycles. The molecule has 6 N–H and O–H groups in total. The van der Waals surface area contributed by atoms with Gasteiger partial charge in [0.1, 0.15) is 18.8 Å². The number of carboxylic acid groups (broad SMARTS) is 1. The topological polar surface area (TPSA) is 216 Å². The van der Waals surface area contributed by atoms with Crippen LogP contribution in [0, 0.1) is 11.5 Å². The number of benzene rings is 2. The molecule has 0 bridgehead atoms. The van der Waals surface area contributed by atoms with Gasteiger partial charge in [-0.05, 0) is 43.2 Å². The van der Waals surface area contributed by atoms with Gasteiger partial charge in [-0.3, -0.25) is 9.59 Å². The van der Waals surface area contributed by atoms with E-state index in [1.165, 1.54) is 12.1 Å². The molecule has 15 heteroatoms. The standard InChI is InChI=1S/C26H31N7O7S/c1-17-23(33(16-40-17)41(38,39)20-6-3-2-4-7-20)24(35)32-21(25(36)37)14-18-9-11-19(12-10-18)31-22(34)8-5-13-29-26(28)30-15-27/h2-4,6-7,9-12,17,21,23H,5,8,13-14,16H2,1H3,(H,31,34)(H,32,35)(H,36,37)(H3,28,29,30)/t17?,21-,23-/m0/s1. The molecule has 0 spiro atoms. The Morgan fingerprint density at radius 2 is 1.88 bits per heavy atom. The van der Waals surface area contributed by atoms with E-state index in [1.54, 1.807) is 55.6 Å². The van der Waals surface area contributed by atoms with Crippen molar-refractivity contribution in [2.45, 2.75) is 49.3 Å². The second kappa shape index (κ2) is 14.2. The van der Waals surface area contributed by atoms with Gasteiger partial charge in [-0.15, -0.1) is 4.99 Å². The Labute approximate surface area is 237 Å². The van der Waals surface area contributed by atoms with Crippen molar-refractivity contribution in [3.63, 3.8) is 0 Å². The SMILES string of the molecule is CC1OCN(S(=O)(=O)c2ccccc2)[C@@H]1C(=O)N[C@@H](Cc1ccc(NC(=O)CCCN/C(N)=N/C#N)cc1)C(=O)O. The van der Waals surface area contributed by atoms with Gasteiger partial charge >= 0.3 is 5.97 Å². The van der Waals surface area contributed by atoms with E-state index in [-0.39, 0.29) is 36.3 Å². The fourth-order valence-corrected chi connectivity index (χ4v) is 5.62. The fourth-order valence-electron chi connectivity index (χ4n) is 4.09. The number of aliphatic carboxylic acids is 1. The zero-order valence-corrected chi connectivity index (χ0v) is 23.0. The second-order valence-electron chi connectivity index (χ2n) is 9.13. The minimum Gasteiger partial charge on any atom is -0.480 e. The number of carbonyl (C=O) groups excluding carboxylic acids is 2. The first-order valence-electron chi connectivity index (χ1n) is 12.6. The smallest absolute Gasteiger partial charge is 0.326 e. The van der Waals surface area contributed by atoms with E-state index < -0.39 is 40.1 Å². The summed E-state index contributed by atoms with van der Waals surface area (Å²) in [7, 11) is -4.07. The van der Waals surface area contributed by atoms with Crippen LogP contribution in [0.5, 0.6) is 0 Å². The third kappa shape index (κ3) is 8.48. The summed E-state index contributed by atoms with van der Waals surface area (Å²) in [4.78, 5) is 40.6. The maximum absolute atomic E-state index is 13.2. The molecule has 14 nitrogen and oxygen atoms in total. The third-order valence-electron chi connectivity index (χ3n) is 6.19. The predicted molar refractivity (Wildman–Crippen MR) is 147 cm³/mol. The lowest BCUT2D eigenvalue weighted by Gasteiger charge is -2.25. The molecule has 1 unspecified atom stereocenters. The molecule has 2 aromatic carbocycles. The van der Waals surface area contributed by atoms with E-state index >= 15 is 0 Å². The van der Waals surface area contributed by atoms with E-state index in [1.807, 2.05) is 0 Å². The molecule has 3 rings (SSSR count). The molecule has 0 saturated carbocycles. The monoisotopic (exact) mass is 585 g/mol. The predicted octanol–water partition coefficient (Wildman–Crippen LogP) is 0.338. The van der Waals surface area contributed by atoms with Gasteiger partial charge in [-0.2, -0.15) is 9.57 Å². The summed E-state index contributed by atoms with van der Waals surface area (Å²) in [6.07, 6.45) is 1.29. The highest BCUT2D eigenvalue weighted by atomic mass is 32.2. The zero-order valence-electron chi connectivity index (χ0n) is 22.2. The number of ether oxygens (including phenoxy) is 1. The Kier molecular flexibility index (Phi) is 10.8. The number of carbonyl (C=O) groups is 3. The van der Waals surface area contributed by atoms with Crippen LogP contribution in [0.3, 0.4) is 0 Å². The van der Waals surface area contributed by atoms with Gasteiger partial charge < -0.3 is 31.5 Å². The summed E-state index contributed by atoms with van der Waals surface area (Å²) in [5.41, 5.74) is 6.48. The maximum Gasteiger partial charge on any atom is 0.326 e. The number of nitrogens with zero attached hydrogens (tertiary/aromatic N) is 3. The van der Waals surface area contributed by atoms with Crippen molar-refractivity contribution in [2.75, 3.05) is 18.6 Å². The van der Waals surface area contributed by atoms with Crippen LogP contribution in [0.4, 0.5) is 5.69 Å². The Hall–Kier alpha value is -4.52. The van der Waals surface area contributed by atoms with Gasteiger partial charge in [0.25, 0.3) is 0 Å². The average Bonchev–Trinajstić information content (AvgIpc) is 3.34. The first-order valence-corrected chi connectivity index (χ1v) is 14.0. The van der Waals surface area contributed by atoms with Gasteiger partial charge in [0.05, 0.1) is 11.0 Å². The number of nitrogens with two attached hydrogens (primary N) is 1. The number of carboxylic acids is 1. The first kappa shape index (κ1) is 31.0. The van der Waals surface area contributed by atoms with Crippen LogP contribution in [0.25, 0.3) is 0 Å². The molecule has 1 fully saturated rings. The Balaban J connectivity index is 1.59. The lowest BCUT2D eigenvalue weighted by atomic mass is 10.0. The van der Waals surface area contributed by atoms with Crippen LogP contribution in [0.15, 0.2) is 64.5 Å². The largest absolute Gasteiger partial charge is 0.480 e. The van der Waals surface area contributed by atoms with Crippen molar-refractivity contribution >= 4 is 39.5 Å². The number of guanidine groups is 1. The number of amides is 2. The summed E-state index contributed by atoms with van der Waals surface area (Å²) < 4.78 is 32.6. The van der Waals surface area contributed by atoms with E-state index in [2.05, 4.69) is 20.9 Å². The highest BCUT2D eigenvalue weighted by Gasteiger charge is 2.45. The van der Waals surface area contributed by atoms with Gasteiger partial charge in [0.2, 0.25) is 34.0 Å². The number of hydrogen-bond donors (Lipinski definition) is 5. The van der Waals surface area contributed by atoms with Crippen LogP contribution in [0.2, 0.25) is 0 Å². The molecule has 3 atom stereocenters. The molecular weight excluding hydrogens is 554 g/mol. The van der Waals surface area contributed by atoms with Gasteiger partial charge in [0.15, 0.2) is 0 Å². The van der Waals surface area contributed by atoms with Gasteiger partial charge in [-0.1, -0.05) is 30.3 Å². The average molecular weight is 586 g/mol. The van der Waals surface area contributed by atoms with Crippen molar-refractivity contribution in [3.8, 4) is 6.19 Å². The summed E-state index contributed by atoms with van der Waals surface area (Å²) in [6, 6.07) is 11.4. The third-order valence-corrected chi connectivity index (χ3v) is 8.01. The lowest BCUT2D eigenvalue weighted by Crippen LogP contribution is -2.54. The number of rotatable bonds is 12. The number of nitriles is 1. The molecule has 2 amide bonds. The number of nitrogens with one attached hydrogen (secondary N) is 3. The normalized spacial score (nSPS) is 18.2. The van der Waals surface area contributed by atoms with Crippen LogP contribution in [-0.4, -0.2) is 73.0 Å². The summed E-state index contributed by atoms with van der Waals surface area (Å²) in [6.45, 7) is 1.55. The zero-order chi connectivity index (χ0) is 30.0. The van der Waals surface area contributed by atoms with E-state index in [0.717, 1.165) is 4.31 Å².